The summed E-state index contributed by atoms with van der Waals surface area (Å²) in [6, 6.07) is 8.45. The van der Waals surface area contributed by atoms with Gasteiger partial charge < -0.3 is 5.73 Å². The molecule has 1 atom stereocenters. The van der Waals surface area contributed by atoms with Crippen molar-refractivity contribution in [1.29, 1.82) is 0 Å². The number of nitrogens with zero attached hydrogens (tertiary/aromatic N) is 2. The first-order valence-electron chi connectivity index (χ1n) is 6.77. The van der Waals surface area contributed by atoms with E-state index < -0.39 is 0 Å². The van der Waals surface area contributed by atoms with Crippen molar-refractivity contribution in [3.63, 3.8) is 0 Å². The van der Waals surface area contributed by atoms with Crippen LogP contribution >= 0.6 is 11.5 Å². The highest BCUT2D eigenvalue weighted by Crippen LogP contribution is 2.26. The van der Waals surface area contributed by atoms with Crippen molar-refractivity contribution < 1.29 is 0 Å². The first-order chi connectivity index (χ1) is 9.11. The monoisotopic (exact) mass is 275 g/mol. The maximum atomic E-state index is 6.37. The van der Waals surface area contributed by atoms with Crippen molar-refractivity contribution in [3.05, 3.63) is 46.0 Å². The number of aromatic nitrogens is 2. The number of rotatable bonds is 5. The van der Waals surface area contributed by atoms with Gasteiger partial charge in [-0.2, -0.15) is 0 Å². The first kappa shape index (κ1) is 14.2. The number of hydrogen-bond donors (Lipinski definition) is 1. The van der Waals surface area contributed by atoms with Crippen molar-refractivity contribution >= 4 is 11.5 Å². The summed E-state index contributed by atoms with van der Waals surface area (Å²) in [5.41, 5.74) is 9.88. The van der Waals surface area contributed by atoms with E-state index in [-0.39, 0.29) is 6.04 Å². The molecule has 0 aliphatic heterocycles. The van der Waals surface area contributed by atoms with Crippen molar-refractivity contribution in [3.8, 4) is 0 Å². The van der Waals surface area contributed by atoms with Gasteiger partial charge in [0, 0.05) is 0 Å². The van der Waals surface area contributed by atoms with Gasteiger partial charge >= 0.3 is 0 Å². The molecular formula is C15H21N3S. The van der Waals surface area contributed by atoms with Gasteiger partial charge in [0.05, 0.1) is 16.6 Å². The van der Waals surface area contributed by atoms with Crippen LogP contribution < -0.4 is 5.73 Å². The second-order valence-electron chi connectivity index (χ2n) is 5.26. The van der Waals surface area contributed by atoms with E-state index >= 15 is 0 Å². The van der Waals surface area contributed by atoms with Gasteiger partial charge in [0.25, 0.3) is 0 Å². The van der Waals surface area contributed by atoms with Crippen molar-refractivity contribution in [2.75, 3.05) is 0 Å². The predicted molar refractivity (Wildman–Crippen MR) is 80.3 cm³/mol. The Morgan fingerprint density at radius 1 is 1.32 bits per heavy atom. The van der Waals surface area contributed by atoms with Gasteiger partial charge in [-0.05, 0) is 41.4 Å². The zero-order valence-corrected chi connectivity index (χ0v) is 12.6. The molecule has 1 heterocycles. The summed E-state index contributed by atoms with van der Waals surface area (Å²) >= 11 is 1.41. The third kappa shape index (κ3) is 3.39. The first-order valence-corrected chi connectivity index (χ1v) is 7.54. The van der Waals surface area contributed by atoms with E-state index in [1.807, 2.05) is 0 Å². The molecule has 2 aromatic rings. The minimum atomic E-state index is -0.109. The van der Waals surface area contributed by atoms with Crippen LogP contribution in [0, 0.1) is 5.92 Å². The molecule has 2 N–H and O–H groups in total. The molecule has 0 amide bonds. The Labute approximate surface area is 119 Å². The maximum absolute atomic E-state index is 6.37. The summed E-state index contributed by atoms with van der Waals surface area (Å²) in [6.45, 7) is 6.55. The Morgan fingerprint density at radius 2 is 2.11 bits per heavy atom. The molecule has 1 aromatic carbocycles. The molecule has 0 radical (unpaired) electrons. The molecule has 0 aliphatic carbocycles. The van der Waals surface area contributed by atoms with E-state index in [2.05, 4.69) is 54.6 Å². The lowest BCUT2D eigenvalue weighted by Crippen LogP contribution is -2.12. The minimum absolute atomic E-state index is 0.109. The summed E-state index contributed by atoms with van der Waals surface area (Å²) in [5.74, 6) is 0.655. The number of nitrogens with two attached hydrogens (primary N) is 1. The fourth-order valence-corrected chi connectivity index (χ4v) is 3.00. The third-order valence-electron chi connectivity index (χ3n) is 3.16. The fraction of sp³-hybridized carbons (Fsp3) is 0.467. The lowest BCUT2D eigenvalue weighted by atomic mass is 9.97. The summed E-state index contributed by atoms with van der Waals surface area (Å²) < 4.78 is 4.02. The van der Waals surface area contributed by atoms with Gasteiger partial charge in [-0.3, -0.25) is 0 Å². The highest BCUT2D eigenvalue weighted by molar-refractivity contribution is 7.05. The Morgan fingerprint density at radius 3 is 2.79 bits per heavy atom. The molecule has 0 bridgehead atoms. The predicted octanol–water partition coefficient (Wildman–Crippen LogP) is 3.35. The van der Waals surface area contributed by atoms with Crippen molar-refractivity contribution in [1.82, 2.24) is 9.59 Å². The van der Waals surface area contributed by atoms with Crippen LogP contribution in [-0.2, 0) is 12.8 Å². The van der Waals surface area contributed by atoms with Crippen LogP contribution in [0.1, 0.15) is 48.5 Å². The SMILES string of the molecule is CCc1nnsc1C(N)c1cccc(CC(C)C)c1. The van der Waals surface area contributed by atoms with E-state index in [1.54, 1.807) is 0 Å². The molecule has 0 saturated carbocycles. The van der Waals surface area contributed by atoms with Gasteiger partial charge in [0.2, 0.25) is 0 Å². The summed E-state index contributed by atoms with van der Waals surface area (Å²) in [4.78, 5) is 1.09. The van der Waals surface area contributed by atoms with Crippen LogP contribution in [0.5, 0.6) is 0 Å². The van der Waals surface area contributed by atoms with Crippen LogP contribution in [0.4, 0.5) is 0 Å². The highest BCUT2D eigenvalue weighted by Gasteiger charge is 2.16. The number of aryl methyl sites for hydroxylation is 1. The topological polar surface area (TPSA) is 51.8 Å². The fourth-order valence-electron chi connectivity index (χ4n) is 2.23. The van der Waals surface area contributed by atoms with Gasteiger partial charge in [-0.1, -0.05) is 49.5 Å². The molecule has 0 spiro atoms. The Balaban J connectivity index is 2.26. The minimum Gasteiger partial charge on any atom is -0.320 e. The molecule has 19 heavy (non-hydrogen) atoms. The number of hydrogen-bond acceptors (Lipinski definition) is 4. The molecule has 0 fully saturated rings. The Bertz CT molecular complexity index is 534. The van der Waals surface area contributed by atoms with Crippen molar-refractivity contribution in [2.24, 2.45) is 11.7 Å². The molecule has 1 unspecified atom stereocenters. The lowest BCUT2D eigenvalue weighted by molar-refractivity contribution is 0.646. The Hall–Kier alpha value is -1.26. The van der Waals surface area contributed by atoms with Gasteiger partial charge in [0.15, 0.2) is 0 Å². The van der Waals surface area contributed by atoms with Crippen molar-refractivity contribution in [2.45, 2.75) is 39.7 Å². The average Bonchev–Trinajstić information content (AvgIpc) is 2.85. The Kier molecular flexibility index (Phi) is 4.66. The average molecular weight is 275 g/mol. The lowest BCUT2D eigenvalue weighted by Gasteiger charge is -2.13. The smallest absolute Gasteiger partial charge is 0.0804 e. The molecule has 102 valence electrons. The second-order valence-corrected chi connectivity index (χ2v) is 6.04. The van der Waals surface area contributed by atoms with E-state index in [4.69, 9.17) is 5.73 Å². The van der Waals surface area contributed by atoms with Crippen LogP contribution in [-0.4, -0.2) is 9.59 Å². The van der Waals surface area contributed by atoms with Crippen LogP contribution in [0.3, 0.4) is 0 Å². The van der Waals surface area contributed by atoms with Crippen LogP contribution in [0.2, 0.25) is 0 Å². The van der Waals surface area contributed by atoms with Gasteiger partial charge in [0.1, 0.15) is 0 Å². The standard InChI is InChI=1S/C15H21N3S/c1-4-13-15(19-18-17-13)14(16)12-7-5-6-11(9-12)8-10(2)3/h5-7,9-10,14H,4,8,16H2,1-3H3. The summed E-state index contributed by atoms with van der Waals surface area (Å²) in [7, 11) is 0. The summed E-state index contributed by atoms with van der Waals surface area (Å²) in [5, 5.41) is 4.14. The molecular weight excluding hydrogens is 254 g/mol. The van der Waals surface area contributed by atoms with Crippen LogP contribution in [0.15, 0.2) is 24.3 Å². The van der Waals surface area contributed by atoms with E-state index in [1.165, 1.54) is 17.1 Å². The largest absolute Gasteiger partial charge is 0.320 e. The normalized spacial score (nSPS) is 12.9. The van der Waals surface area contributed by atoms with E-state index in [9.17, 15) is 0 Å². The van der Waals surface area contributed by atoms with Crippen LogP contribution in [0.25, 0.3) is 0 Å². The second kappa shape index (κ2) is 6.26. The molecule has 2 rings (SSSR count). The molecule has 0 saturated heterocycles. The van der Waals surface area contributed by atoms with E-state index in [0.29, 0.717) is 5.92 Å². The zero-order chi connectivity index (χ0) is 13.8. The maximum Gasteiger partial charge on any atom is 0.0804 e. The molecule has 3 nitrogen and oxygen atoms in total. The van der Waals surface area contributed by atoms with E-state index in [0.717, 1.165) is 29.0 Å². The van der Waals surface area contributed by atoms with Gasteiger partial charge in [-0.15, -0.1) is 5.10 Å². The van der Waals surface area contributed by atoms with Gasteiger partial charge in [-0.25, -0.2) is 0 Å². The molecule has 4 heteroatoms. The third-order valence-corrected chi connectivity index (χ3v) is 4.01. The quantitative estimate of drug-likeness (QED) is 0.910. The molecule has 0 aliphatic rings. The summed E-state index contributed by atoms with van der Waals surface area (Å²) in [6.07, 6.45) is 1.97. The zero-order valence-electron chi connectivity index (χ0n) is 11.8. The molecule has 1 aromatic heterocycles. The highest BCUT2D eigenvalue weighted by atomic mass is 32.1. The number of benzene rings is 1.